The molecule has 0 aliphatic carbocycles. The smallest absolute Gasteiger partial charge is 0.407 e. The summed E-state index contributed by atoms with van der Waals surface area (Å²) in [5, 5.41) is 50.7. The maximum Gasteiger partial charge on any atom is 0.407 e. The van der Waals surface area contributed by atoms with E-state index in [1.165, 1.54) is 14.0 Å². The van der Waals surface area contributed by atoms with Crippen LogP contribution in [-0.2, 0) is 44.4 Å². The van der Waals surface area contributed by atoms with Gasteiger partial charge in [-0.1, -0.05) is 51.1 Å². The van der Waals surface area contributed by atoms with Crippen molar-refractivity contribution in [3.8, 4) is 0 Å². The lowest BCUT2D eigenvalue weighted by Gasteiger charge is -2.49. The quantitative estimate of drug-likeness (QED) is 0.201. The standard InChI is InChI=1S/C47H81N3O13/c1-15-35-47(10,56)39(52)31(6)50(13)26-27(2)24-45(8,55)40(62-43-37(51)34(49(11)12)23-28(3)58-43)29(4)38(30(5)42(53)60-35)61-36-25-46(9,57-14)41(32(7)59-36)63-44(54)48-22-21-33-19-17-16-18-20-33/h16-20,27-32,34-41,43,51-52,55-56H,15,21-26H2,1-14H3,(H,48,54)/t27-,28-,29+,30-,31-,32+,34+,35-,36+,37-,38+,39-,40-,41+,43+,45-,46-,47-/m1/s1. The van der Waals surface area contributed by atoms with E-state index in [0.717, 1.165) is 5.56 Å². The molecule has 0 aromatic heterocycles. The Labute approximate surface area is 376 Å². The number of hydrogen-bond donors (Lipinski definition) is 5. The number of hydrogen-bond acceptors (Lipinski definition) is 15. The number of esters is 1. The molecule has 3 saturated heterocycles. The van der Waals surface area contributed by atoms with E-state index in [2.05, 4.69) is 5.32 Å². The van der Waals surface area contributed by atoms with E-state index in [1.54, 1.807) is 41.5 Å². The van der Waals surface area contributed by atoms with E-state index in [9.17, 15) is 30.0 Å². The van der Waals surface area contributed by atoms with E-state index in [-0.39, 0.29) is 37.3 Å². The minimum atomic E-state index is -1.83. The van der Waals surface area contributed by atoms with E-state index >= 15 is 0 Å². The Morgan fingerprint density at radius 2 is 1.62 bits per heavy atom. The van der Waals surface area contributed by atoms with Crippen molar-refractivity contribution in [2.75, 3.05) is 41.3 Å². The van der Waals surface area contributed by atoms with Gasteiger partial charge in [0.15, 0.2) is 18.7 Å². The maximum atomic E-state index is 14.5. The van der Waals surface area contributed by atoms with Gasteiger partial charge in [-0.25, -0.2) is 4.79 Å². The van der Waals surface area contributed by atoms with Crippen LogP contribution in [0, 0.1) is 17.8 Å². The third-order valence-corrected chi connectivity index (χ3v) is 13.9. The van der Waals surface area contributed by atoms with Crippen LogP contribution >= 0.6 is 0 Å². The largest absolute Gasteiger partial charge is 0.459 e. The zero-order valence-corrected chi connectivity index (χ0v) is 40.4. The lowest BCUT2D eigenvalue weighted by atomic mass is 9.77. The van der Waals surface area contributed by atoms with Crippen LogP contribution in [-0.4, -0.2) is 174 Å². The number of alkyl carbamates (subject to hydrolysis) is 1. The number of carbonyl (C=O) groups excluding carboxylic acids is 2. The molecular weight excluding hydrogens is 815 g/mol. The Morgan fingerprint density at radius 1 is 0.968 bits per heavy atom. The van der Waals surface area contributed by atoms with Crippen LogP contribution < -0.4 is 5.32 Å². The Kier molecular flexibility index (Phi) is 18.8. The molecule has 16 nitrogen and oxygen atoms in total. The molecule has 362 valence electrons. The van der Waals surface area contributed by atoms with Gasteiger partial charge < -0.3 is 68.7 Å². The van der Waals surface area contributed by atoms with E-state index in [1.807, 2.05) is 82.0 Å². The second kappa shape index (κ2) is 22.3. The number of nitrogens with one attached hydrogen (secondary N) is 1. The zero-order valence-electron chi connectivity index (χ0n) is 40.4. The third kappa shape index (κ3) is 13.1. The molecule has 5 N–H and O–H groups in total. The second-order valence-corrected chi connectivity index (χ2v) is 19.7. The third-order valence-electron chi connectivity index (χ3n) is 13.9. The number of benzene rings is 1. The SMILES string of the molecule is CC[C@H]1OC(=O)[C@H](C)[C@@H](O[C@H]2C[C@@](C)(OC)[C@@H](OC(=O)NCCc3ccccc3)[C@H](C)O2)[C@H](C)[C@@H](O[C@@H]2O[C@H](C)C[C@H](N(C)C)[C@H]2O)[C@](C)(O)C[C@@H](C)CN(C)[C@H](C)[C@@H](O)[C@]1(C)O. The van der Waals surface area contributed by atoms with Gasteiger partial charge in [0.05, 0.1) is 35.9 Å². The Bertz CT molecular complexity index is 1590. The summed E-state index contributed by atoms with van der Waals surface area (Å²) >= 11 is 0. The number of methoxy groups -OCH3 is 1. The zero-order chi connectivity index (χ0) is 47.2. The number of cyclic esters (lactones) is 1. The normalized spacial score (nSPS) is 42.8. The first kappa shape index (κ1) is 53.1. The molecular formula is C47H81N3O13. The molecule has 3 aliphatic rings. The van der Waals surface area contributed by atoms with Gasteiger partial charge in [-0.3, -0.25) is 4.79 Å². The molecule has 3 fully saturated rings. The molecule has 0 radical (unpaired) electrons. The number of carbonyl (C=O) groups is 2. The lowest BCUT2D eigenvalue weighted by Crippen LogP contribution is -2.61. The van der Waals surface area contributed by atoms with Crippen molar-refractivity contribution < 1.29 is 63.2 Å². The topological polar surface area (TPSA) is 198 Å². The highest BCUT2D eigenvalue weighted by Crippen LogP contribution is 2.41. The van der Waals surface area contributed by atoms with Gasteiger partial charge in [0.2, 0.25) is 0 Å². The minimum absolute atomic E-state index is 0.0783. The summed E-state index contributed by atoms with van der Waals surface area (Å²) in [5.41, 5.74) is -3.47. The number of ether oxygens (including phenoxy) is 7. The summed E-state index contributed by atoms with van der Waals surface area (Å²) in [6.07, 6.45) is -8.63. The number of amides is 1. The monoisotopic (exact) mass is 896 g/mol. The molecule has 1 aromatic rings. The fourth-order valence-electron chi connectivity index (χ4n) is 10.1. The van der Waals surface area contributed by atoms with Gasteiger partial charge >= 0.3 is 12.1 Å². The van der Waals surface area contributed by atoms with Gasteiger partial charge in [-0.05, 0) is 107 Å². The van der Waals surface area contributed by atoms with Crippen molar-refractivity contribution in [3.63, 3.8) is 0 Å². The van der Waals surface area contributed by atoms with Crippen molar-refractivity contribution in [3.05, 3.63) is 35.9 Å². The number of nitrogens with zero attached hydrogens (tertiary/aromatic N) is 2. The fraction of sp³-hybridized carbons (Fsp3) is 0.830. The first-order valence-electron chi connectivity index (χ1n) is 22.9. The van der Waals surface area contributed by atoms with E-state index in [4.69, 9.17) is 33.2 Å². The average molecular weight is 896 g/mol. The van der Waals surface area contributed by atoms with Gasteiger partial charge in [-0.15, -0.1) is 0 Å². The molecule has 1 aromatic carbocycles. The van der Waals surface area contributed by atoms with Gasteiger partial charge in [-0.2, -0.15) is 0 Å². The number of likely N-dealkylation sites (N-methyl/N-ethyl adjacent to an activating group) is 2. The predicted octanol–water partition coefficient (Wildman–Crippen LogP) is 3.88. The molecule has 3 heterocycles. The molecule has 18 atom stereocenters. The summed E-state index contributed by atoms with van der Waals surface area (Å²) in [4.78, 5) is 31.4. The molecule has 0 bridgehead atoms. The molecule has 3 aliphatic heterocycles. The summed E-state index contributed by atoms with van der Waals surface area (Å²) in [7, 11) is 7.12. The highest BCUT2D eigenvalue weighted by atomic mass is 16.7. The minimum Gasteiger partial charge on any atom is -0.459 e. The average Bonchev–Trinajstić information content (AvgIpc) is 3.21. The van der Waals surface area contributed by atoms with Crippen molar-refractivity contribution in [1.29, 1.82) is 0 Å². The molecule has 0 saturated carbocycles. The van der Waals surface area contributed by atoms with Crippen LogP contribution in [0.5, 0.6) is 0 Å². The van der Waals surface area contributed by atoms with E-state index in [0.29, 0.717) is 25.9 Å². The molecule has 63 heavy (non-hydrogen) atoms. The van der Waals surface area contributed by atoms with Crippen molar-refractivity contribution in [2.24, 2.45) is 17.8 Å². The van der Waals surface area contributed by atoms with Crippen molar-refractivity contribution >= 4 is 12.1 Å². The van der Waals surface area contributed by atoms with Crippen molar-refractivity contribution in [1.82, 2.24) is 15.1 Å². The molecule has 4 rings (SSSR count). The molecule has 0 unspecified atom stereocenters. The first-order valence-corrected chi connectivity index (χ1v) is 22.9. The van der Waals surface area contributed by atoms with Crippen LogP contribution in [0.25, 0.3) is 0 Å². The molecule has 1 amide bonds. The maximum absolute atomic E-state index is 14.5. The van der Waals surface area contributed by atoms with E-state index < -0.39 is 102 Å². The van der Waals surface area contributed by atoms with Gasteiger partial charge in [0, 0.05) is 44.6 Å². The Hall–Kier alpha value is -2.48. The number of aliphatic hydroxyl groups is 4. The second-order valence-electron chi connectivity index (χ2n) is 19.7. The van der Waals surface area contributed by atoms with Crippen LogP contribution in [0.4, 0.5) is 4.79 Å². The number of rotatable bonds is 11. The summed E-state index contributed by atoms with van der Waals surface area (Å²) in [6, 6.07) is 8.93. The molecule has 0 spiro atoms. The van der Waals surface area contributed by atoms with Gasteiger partial charge in [0.1, 0.15) is 29.5 Å². The summed E-state index contributed by atoms with van der Waals surface area (Å²) in [6.45, 7) is 18.4. The fourth-order valence-corrected chi connectivity index (χ4v) is 10.1. The molecule has 16 heteroatoms. The van der Waals surface area contributed by atoms with Crippen LogP contribution in [0.2, 0.25) is 0 Å². The highest BCUT2D eigenvalue weighted by Gasteiger charge is 2.53. The predicted molar refractivity (Wildman–Crippen MR) is 237 cm³/mol. The number of aliphatic hydroxyl groups excluding tert-OH is 2. The van der Waals surface area contributed by atoms with Crippen LogP contribution in [0.15, 0.2) is 30.3 Å². The van der Waals surface area contributed by atoms with Gasteiger partial charge in [0.25, 0.3) is 0 Å². The Balaban J connectivity index is 1.72. The van der Waals surface area contributed by atoms with Crippen LogP contribution in [0.1, 0.15) is 100 Å². The van der Waals surface area contributed by atoms with Crippen molar-refractivity contribution in [2.45, 2.75) is 192 Å². The first-order chi connectivity index (χ1) is 29.4. The van der Waals surface area contributed by atoms with Crippen LogP contribution in [0.3, 0.4) is 0 Å². The Morgan fingerprint density at radius 3 is 2.22 bits per heavy atom. The highest BCUT2D eigenvalue weighted by molar-refractivity contribution is 5.73. The lowest BCUT2D eigenvalue weighted by molar-refractivity contribution is -0.317. The summed E-state index contributed by atoms with van der Waals surface area (Å²) in [5.74, 6) is -2.75. The summed E-state index contributed by atoms with van der Waals surface area (Å²) < 4.78 is 44.5.